The van der Waals surface area contributed by atoms with Gasteiger partial charge in [0, 0.05) is 17.4 Å². The van der Waals surface area contributed by atoms with Gasteiger partial charge in [-0.15, -0.1) is 0 Å². The van der Waals surface area contributed by atoms with Gasteiger partial charge in [0.25, 0.3) is 0 Å². The maximum atomic E-state index is 11.9. The normalized spacial score (nSPS) is 9.90. The zero-order chi connectivity index (χ0) is 14.5. The molecule has 0 aliphatic heterocycles. The fraction of sp³-hybridized carbons (Fsp3) is 0.133. The van der Waals surface area contributed by atoms with Crippen LogP contribution < -0.4 is 15.4 Å². The molecule has 0 aliphatic carbocycles. The number of anilines is 2. The zero-order valence-electron chi connectivity index (χ0n) is 11.3. The molecule has 0 radical (unpaired) electrons. The van der Waals surface area contributed by atoms with Gasteiger partial charge in [0.05, 0.1) is 7.11 Å². The molecule has 2 aromatic rings. The van der Waals surface area contributed by atoms with Crippen LogP contribution in [0.25, 0.3) is 0 Å². The molecular formula is C15H16N2O3. The van der Waals surface area contributed by atoms with Crippen LogP contribution in [-0.4, -0.2) is 18.2 Å². The Morgan fingerprint density at radius 2 is 1.80 bits per heavy atom. The first kappa shape index (κ1) is 13.7. The number of rotatable bonds is 3. The lowest BCUT2D eigenvalue weighted by atomic mass is 10.2. The maximum Gasteiger partial charge on any atom is 0.323 e. The summed E-state index contributed by atoms with van der Waals surface area (Å²) in [4.78, 5) is 11.9. The molecule has 5 heteroatoms. The third kappa shape index (κ3) is 3.41. The number of phenols is 1. The molecule has 0 saturated carbocycles. The molecule has 5 nitrogen and oxygen atoms in total. The first-order valence-corrected chi connectivity index (χ1v) is 6.10. The molecule has 2 amide bonds. The van der Waals surface area contributed by atoms with Crippen LogP contribution in [0.15, 0.2) is 42.5 Å². The molecule has 0 heterocycles. The third-order valence-electron chi connectivity index (χ3n) is 2.78. The van der Waals surface area contributed by atoms with Crippen LogP contribution in [0.2, 0.25) is 0 Å². The second-order valence-corrected chi connectivity index (χ2v) is 4.31. The number of aromatic hydroxyl groups is 1. The van der Waals surface area contributed by atoms with Crippen molar-refractivity contribution in [2.45, 2.75) is 6.92 Å². The molecule has 3 N–H and O–H groups in total. The molecule has 2 rings (SSSR count). The van der Waals surface area contributed by atoms with Gasteiger partial charge in [0.15, 0.2) is 0 Å². The summed E-state index contributed by atoms with van der Waals surface area (Å²) in [6.07, 6.45) is 0. The Kier molecular flexibility index (Phi) is 4.10. The average Bonchev–Trinajstić information content (AvgIpc) is 2.43. The molecule has 2 aromatic carbocycles. The van der Waals surface area contributed by atoms with Crippen LogP contribution in [-0.2, 0) is 0 Å². The number of ether oxygens (including phenoxy) is 1. The zero-order valence-corrected chi connectivity index (χ0v) is 11.3. The summed E-state index contributed by atoms with van der Waals surface area (Å²) in [5.41, 5.74) is 1.95. The molecule has 0 unspecified atom stereocenters. The van der Waals surface area contributed by atoms with Gasteiger partial charge in [-0.1, -0.05) is 6.07 Å². The Balaban J connectivity index is 2.03. The van der Waals surface area contributed by atoms with Gasteiger partial charge in [0.2, 0.25) is 0 Å². The highest BCUT2D eigenvalue weighted by Gasteiger charge is 2.05. The minimum atomic E-state index is -0.358. The van der Waals surface area contributed by atoms with E-state index in [1.54, 1.807) is 50.4 Å². The molecular weight excluding hydrogens is 256 g/mol. The van der Waals surface area contributed by atoms with E-state index < -0.39 is 0 Å². The fourth-order valence-electron chi connectivity index (χ4n) is 1.73. The number of urea groups is 1. The number of hydrogen-bond acceptors (Lipinski definition) is 3. The van der Waals surface area contributed by atoms with Crippen molar-refractivity contribution in [2.75, 3.05) is 17.7 Å². The van der Waals surface area contributed by atoms with Crippen molar-refractivity contribution in [1.82, 2.24) is 0 Å². The number of amides is 2. The SMILES string of the molecule is COc1cccc(NC(=O)Nc2ccc(O)c(C)c2)c1. The van der Waals surface area contributed by atoms with E-state index in [2.05, 4.69) is 10.6 Å². The summed E-state index contributed by atoms with van der Waals surface area (Å²) in [6.45, 7) is 1.76. The van der Waals surface area contributed by atoms with E-state index in [4.69, 9.17) is 4.74 Å². The Labute approximate surface area is 117 Å². The van der Waals surface area contributed by atoms with Crippen LogP contribution in [0, 0.1) is 6.92 Å². The number of benzene rings is 2. The van der Waals surface area contributed by atoms with Crippen LogP contribution >= 0.6 is 0 Å². The average molecular weight is 272 g/mol. The number of carbonyl (C=O) groups is 1. The molecule has 0 fully saturated rings. The fourth-order valence-corrected chi connectivity index (χ4v) is 1.73. The predicted octanol–water partition coefficient (Wildman–Crippen LogP) is 3.35. The Morgan fingerprint density at radius 3 is 2.45 bits per heavy atom. The topological polar surface area (TPSA) is 70.6 Å². The maximum absolute atomic E-state index is 11.9. The predicted molar refractivity (Wildman–Crippen MR) is 78.5 cm³/mol. The molecule has 0 spiro atoms. The lowest BCUT2D eigenvalue weighted by Gasteiger charge is -2.09. The number of nitrogens with one attached hydrogen (secondary N) is 2. The van der Waals surface area contributed by atoms with Gasteiger partial charge in [-0.25, -0.2) is 4.79 Å². The van der Waals surface area contributed by atoms with Gasteiger partial charge in [-0.05, 0) is 42.8 Å². The largest absolute Gasteiger partial charge is 0.508 e. The number of methoxy groups -OCH3 is 1. The second-order valence-electron chi connectivity index (χ2n) is 4.31. The molecule has 0 aliphatic rings. The van der Waals surface area contributed by atoms with Crippen molar-refractivity contribution in [2.24, 2.45) is 0 Å². The van der Waals surface area contributed by atoms with Gasteiger partial charge in [-0.3, -0.25) is 0 Å². The van der Waals surface area contributed by atoms with E-state index in [1.165, 1.54) is 6.07 Å². The summed E-state index contributed by atoms with van der Waals surface area (Å²) in [5, 5.41) is 14.8. The van der Waals surface area contributed by atoms with Crippen LogP contribution in [0.3, 0.4) is 0 Å². The van der Waals surface area contributed by atoms with Crippen molar-refractivity contribution in [3.8, 4) is 11.5 Å². The van der Waals surface area contributed by atoms with Gasteiger partial charge in [-0.2, -0.15) is 0 Å². The summed E-state index contributed by atoms with van der Waals surface area (Å²) in [7, 11) is 1.57. The van der Waals surface area contributed by atoms with Crippen LogP contribution in [0.5, 0.6) is 11.5 Å². The smallest absolute Gasteiger partial charge is 0.323 e. The van der Waals surface area contributed by atoms with Crippen molar-refractivity contribution in [3.63, 3.8) is 0 Å². The first-order chi connectivity index (χ1) is 9.58. The Morgan fingerprint density at radius 1 is 1.10 bits per heavy atom. The van der Waals surface area contributed by atoms with Crippen LogP contribution in [0.1, 0.15) is 5.56 Å². The van der Waals surface area contributed by atoms with E-state index in [9.17, 15) is 9.90 Å². The van der Waals surface area contributed by atoms with E-state index in [-0.39, 0.29) is 11.8 Å². The van der Waals surface area contributed by atoms with E-state index in [0.29, 0.717) is 22.7 Å². The lowest BCUT2D eigenvalue weighted by molar-refractivity contribution is 0.262. The van der Waals surface area contributed by atoms with Crippen molar-refractivity contribution in [1.29, 1.82) is 0 Å². The number of phenolic OH excluding ortho intramolecular Hbond substituents is 1. The summed E-state index contributed by atoms with van der Waals surface area (Å²) < 4.78 is 5.08. The van der Waals surface area contributed by atoms with Crippen molar-refractivity contribution < 1.29 is 14.6 Å². The third-order valence-corrected chi connectivity index (χ3v) is 2.78. The van der Waals surface area contributed by atoms with Gasteiger partial charge in [0.1, 0.15) is 11.5 Å². The highest BCUT2D eigenvalue weighted by atomic mass is 16.5. The van der Waals surface area contributed by atoms with Gasteiger partial charge >= 0.3 is 6.03 Å². The quantitative estimate of drug-likeness (QED) is 0.750. The summed E-state index contributed by atoms with van der Waals surface area (Å²) in [5.74, 6) is 0.868. The highest BCUT2D eigenvalue weighted by Crippen LogP contribution is 2.21. The number of aryl methyl sites for hydroxylation is 1. The second kappa shape index (κ2) is 5.97. The number of carbonyl (C=O) groups excluding carboxylic acids is 1. The Hall–Kier alpha value is -2.69. The highest BCUT2D eigenvalue weighted by molar-refractivity contribution is 5.99. The lowest BCUT2D eigenvalue weighted by Crippen LogP contribution is -2.19. The minimum absolute atomic E-state index is 0.198. The number of hydrogen-bond donors (Lipinski definition) is 3. The monoisotopic (exact) mass is 272 g/mol. The first-order valence-electron chi connectivity index (χ1n) is 6.10. The molecule has 0 bridgehead atoms. The summed E-state index contributed by atoms with van der Waals surface area (Å²) >= 11 is 0. The Bertz CT molecular complexity index is 626. The molecule has 104 valence electrons. The van der Waals surface area contributed by atoms with Gasteiger partial charge < -0.3 is 20.5 Å². The van der Waals surface area contributed by atoms with Crippen molar-refractivity contribution >= 4 is 17.4 Å². The minimum Gasteiger partial charge on any atom is -0.508 e. The summed E-state index contributed by atoms with van der Waals surface area (Å²) in [6, 6.07) is 11.6. The molecule has 0 saturated heterocycles. The van der Waals surface area contributed by atoms with Crippen molar-refractivity contribution in [3.05, 3.63) is 48.0 Å². The van der Waals surface area contributed by atoms with E-state index in [1.807, 2.05) is 0 Å². The van der Waals surface area contributed by atoms with Crippen LogP contribution in [0.4, 0.5) is 16.2 Å². The van der Waals surface area contributed by atoms with E-state index >= 15 is 0 Å². The van der Waals surface area contributed by atoms with E-state index in [0.717, 1.165) is 0 Å². The molecule has 0 aromatic heterocycles. The molecule has 20 heavy (non-hydrogen) atoms. The molecule has 0 atom stereocenters. The standard InChI is InChI=1S/C15H16N2O3/c1-10-8-12(6-7-14(10)18)17-15(19)16-11-4-3-5-13(9-11)20-2/h3-9,18H,1-2H3,(H2,16,17,19).